The molecule has 0 aliphatic rings. The molecule has 0 unspecified atom stereocenters. The average molecular weight is 471 g/mol. The minimum atomic E-state index is 0.878. The van der Waals surface area contributed by atoms with Gasteiger partial charge in [0, 0.05) is 13.2 Å². The second-order valence-electron chi connectivity index (χ2n) is 11.0. The van der Waals surface area contributed by atoms with Gasteiger partial charge in [-0.1, -0.05) is 129 Å². The largest absolute Gasteiger partial charge is 0.376 e. The summed E-state index contributed by atoms with van der Waals surface area (Å²) in [5.41, 5.74) is 0. The van der Waals surface area contributed by atoms with Crippen molar-refractivity contribution in [1.29, 1.82) is 0 Å². The van der Waals surface area contributed by atoms with Crippen molar-refractivity contribution in [2.24, 2.45) is 0 Å². The van der Waals surface area contributed by atoms with Gasteiger partial charge in [-0.3, -0.25) is 0 Å². The fourth-order valence-electron chi connectivity index (χ4n) is 4.32. The first-order valence-electron chi connectivity index (χ1n) is 15.1. The Hall–Kier alpha value is -0.120. The number of unbranched alkanes of at least 4 members (excludes halogenated alkanes) is 18. The molecule has 3 heteroatoms. The van der Waals surface area contributed by atoms with Gasteiger partial charge in [0.05, 0.1) is 27.3 Å². The summed E-state index contributed by atoms with van der Waals surface area (Å²) in [6, 6.07) is 0. The number of hydrogen-bond acceptors (Lipinski definition) is 2. The Morgan fingerprint density at radius 2 is 0.636 bits per heavy atom. The van der Waals surface area contributed by atoms with E-state index in [2.05, 4.69) is 27.9 Å². The normalized spacial score (nSPS) is 12.0. The smallest absolute Gasteiger partial charge is 0.102 e. The highest BCUT2D eigenvalue weighted by Gasteiger charge is 2.14. The Labute approximate surface area is 210 Å². The number of nitrogens with zero attached hydrogens (tertiary/aromatic N) is 1. The maximum absolute atomic E-state index is 5.90. The Kier molecular flexibility index (Phi) is 26.4. The number of ether oxygens (including phenoxy) is 2. The van der Waals surface area contributed by atoms with E-state index < -0.39 is 0 Å². The van der Waals surface area contributed by atoms with Crippen molar-refractivity contribution in [2.75, 3.05) is 53.6 Å². The van der Waals surface area contributed by atoms with Crippen LogP contribution in [0.5, 0.6) is 0 Å². The lowest BCUT2D eigenvalue weighted by atomic mass is 10.1. The van der Waals surface area contributed by atoms with E-state index in [1.807, 2.05) is 0 Å². The summed E-state index contributed by atoms with van der Waals surface area (Å²) in [4.78, 5) is 0. The first-order chi connectivity index (χ1) is 16.1. The van der Waals surface area contributed by atoms with Crippen LogP contribution in [-0.4, -0.2) is 58.1 Å². The molecule has 0 saturated carbocycles. The lowest BCUT2D eigenvalue weighted by Gasteiger charge is -2.29. The molecule has 0 heterocycles. The minimum Gasteiger partial charge on any atom is -0.376 e. The van der Waals surface area contributed by atoms with Crippen molar-refractivity contribution >= 4 is 0 Å². The summed E-state index contributed by atoms with van der Waals surface area (Å²) < 4.78 is 12.8. The SMILES string of the molecule is CCCCCCCCCCCCOCC[N+](C)(C)CCOCCCCCCCCCCCC. The molecule has 0 aromatic rings. The number of rotatable bonds is 28. The van der Waals surface area contributed by atoms with Gasteiger partial charge < -0.3 is 14.0 Å². The lowest BCUT2D eigenvalue weighted by Crippen LogP contribution is -2.44. The van der Waals surface area contributed by atoms with Crippen molar-refractivity contribution in [3.05, 3.63) is 0 Å². The maximum atomic E-state index is 5.90. The Morgan fingerprint density at radius 1 is 0.364 bits per heavy atom. The van der Waals surface area contributed by atoms with Gasteiger partial charge in [0.25, 0.3) is 0 Å². The van der Waals surface area contributed by atoms with Crippen LogP contribution in [-0.2, 0) is 9.47 Å². The molecule has 0 aliphatic heterocycles. The second kappa shape index (κ2) is 26.5. The summed E-state index contributed by atoms with van der Waals surface area (Å²) in [5, 5.41) is 0. The van der Waals surface area contributed by atoms with Crippen LogP contribution in [0.25, 0.3) is 0 Å². The maximum Gasteiger partial charge on any atom is 0.102 e. The van der Waals surface area contributed by atoms with E-state index in [1.54, 1.807) is 0 Å². The van der Waals surface area contributed by atoms with Crippen LogP contribution in [0.2, 0.25) is 0 Å². The topological polar surface area (TPSA) is 18.5 Å². The van der Waals surface area contributed by atoms with Crippen LogP contribution >= 0.6 is 0 Å². The molecule has 0 aromatic carbocycles. The fourth-order valence-corrected chi connectivity index (χ4v) is 4.32. The molecular weight excluding hydrogens is 406 g/mol. The number of hydrogen-bond donors (Lipinski definition) is 0. The summed E-state index contributed by atoms with van der Waals surface area (Å²) in [6.45, 7) is 10.4. The van der Waals surface area contributed by atoms with Crippen molar-refractivity contribution in [1.82, 2.24) is 0 Å². The average Bonchev–Trinajstić information content (AvgIpc) is 2.80. The van der Waals surface area contributed by atoms with Gasteiger partial charge in [-0.15, -0.1) is 0 Å². The molecule has 0 N–H and O–H groups in total. The van der Waals surface area contributed by atoms with Crippen LogP contribution < -0.4 is 0 Å². The molecule has 200 valence electrons. The third-order valence-electron chi connectivity index (χ3n) is 6.97. The Balaban J connectivity index is 3.28. The summed E-state index contributed by atoms with van der Waals surface area (Å²) in [7, 11) is 4.60. The quantitative estimate of drug-likeness (QED) is 0.0839. The van der Waals surface area contributed by atoms with Gasteiger partial charge in [0.1, 0.15) is 13.1 Å². The Morgan fingerprint density at radius 3 is 0.939 bits per heavy atom. The van der Waals surface area contributed by atoms with E-state index in [9.17, 15) is 0 Å². The van der Waals surface area contributed by atoms with Crippen LogP contribution in [0.4, 0.5) is 0 Å². The van der Waals surface area contributed by atoms with Gasteiger partial charge in [-0.25, -0.2) is 0 Å². The van der Waals surface area contributed by atoms with Crippen molar-refractivity contribution in [3.63, 3.8) is 0 Å². The van der Waals surface area contributed by atoms with E-state index in [-0.39, 0.29) is 0 Å². The first kappa shape index (κ1) is 32.9. The van der Waals surface area contributed by atoms with Crippen LogP contribution in [0.15, 0.2) is 0 Å². The molecule has 33 heavy (non-hydrogen) atoms. The van der Waals surface area contributed by atoms with Gasteiger partial charge in [-0.05, 0) is 12.8 Å². The molecule has 0 aliphatic carbocycles. The highest BCUT2D eigenvalue weighted by Crippen LogP contribution is 2.11. The van der Waals surface area contributed by atoms with Crippen LogP contribution in [0.1, 0.15) is 142 Å². The van der Waals surface area contributed by atoms with E-state index in [0.717, 1.165) is 44.0 Å². The van der Waals surface area contributed by atoms with Crippen molar-refractivity contribution in [3.8, 4) is 0 Å². The van der Waals surface area contributed by atoms with Crippen molar-refractivity contribution < 1.29 is 14.0 Å². The minimum absolute atomic E-state index is 0.878. The molecule has 0 radical (unpaired) electrons. The molecular formula is C30H64NO2+. The molecule has 0 fully saturated rings. The molecule has 0 bridgehead atoms. The zero-order valence-electron chi connectivity index (χ0n) is 23.6. The van der Waals surface area contributed by atoms with Gasteiger partial charge in [0.15, 0.2) is 0 Å². The van der Waals surface area contributed by atoms with Gasteiger partial charge in [0.2, 0.25) is 0 Å². The second-order valence-corrected chi connectivity index (χ2v) is 11.0. The first-order valence-corrected chi connectivity index (χ1v) is 15.1. The van der Waals surface area contributed by atoms with E-state index in [4.69, 9.17) is 9.47 Å². The van der Waals surface area contributed by atoms with Crippen molar-refractivity contribution in [2.45, 2.75) is 142 Å². The zero-order chi connectivity index (χ0) is 24.3. The standard InChI is InChI=1S/C30H64NO2/c1-5-7-9-11-13-15-17-19-21-23-27-32-29-25-31(3,4)26-30-33-28-24-22-20-18-16-14-12-10-8-6-2/h5-30H2,1-4H3/q+1. The van der Waals surface area contributed by atoms with E-state index in [1.165, 1.54) is 128 Å². The van der Waals surface area contributed by atoms with E-state index >= 15 is 0 Å². The molecule has 0 spiro atoms. The fraction of sp³-hybridized carbons (Fsp3) is 1.00. The molecule has 3 nitrogen and oxygen atoms in total. The lowest BCUT2D eigenvalue weighted by molar-refractivity contribution is -0.891. The molecule has 0 saturated heterocycles. The Bertz CT molecular complexity index is 327. The molecule has 0 atom stereocenters. The summed E-state index contributed by atoms with van der Waals surface area (Å²) in [5.74, 6) is 0. The third kappa shape index (κ3) is 28.0. The number of quaternary nitrogens is 1. The highest BCUT2D eigenvalue weighted by molar-refractivity contribution is 4.49. The number of likely N-dealkylation sites (N-methyl/N-ethyl adjacent to an activating group) is 1. The highest BCUT2D eigenvalue weighted by atomic mass is 16.5. The predicted octanol–water partition coefficient (Wildman–Crippen LogP) is 8.94. The van der Waals surface area contributed by atoms with Gasteiger partial charge >= 0.3 is 0 Å². The molecule has 0 aromatic heterocycles. The molecule has 0 rings (SSSR count). The van der Waals surface area contributed by atoms with E-state index in [0.29, 0.717) is 0 Å². The predicted molar refractivity (Wildman–Crippen MR) is 147 cm³/mol. The van der Waals surface area contributed by atoms with Gasteiger partial charge in [-0.2, -0.15) is 0 Å². The zero-order valence-corrected chi connectivity index (χ0v) is 23.6. The molecule has 0 amide bonds. The summed E-state index contributed by atoms with van der Waals surface area (Å²) in [6.07, 6.45) is 27.7. The summed E-state index contributed by atoms with van der Waals surface area (Å²) >= 11 is 0. The van der Waals surface area contributed by atoms with Crippen LogP contribution in [0, 0.1) is 0 Å². The monoisotopic (exact) mass is 470 g/mol. The van der Waals surface area contributed by atoms with Crippen LogP contribution in [0.3, 0.4) is 0 Å². The third-order valence-corrected chi connectivity index (χ3v) is 6.97.